The van der Waals surface area contributed by atoms with E-state index in [2.05, 4.69) is 4.72 Å². The van der Waals surface area contributed by atoms with Crippen LogP contribution in [-0.4, -0.2) is 43.4 Å². The van der Waals surface area contributed by atoms with Crippen molar-refractivity contribution < 1.29 is 18.3 Å². The second-order valence-corrected chi connectivity index (χ2v) is 7.78. The van der Waals surface area contributed by atoms with Gasteiger partial charge in [0, 0.05) is 19.6 Å². The van der Waals surface area contributed by atoms with E-state index in [1.54, 1.807) is 0 Å². The molecule has 0 spiro atoms. The molecule has 2 N–H and O–H groups in total. The summed E-state index contributed by atoms with van der Waals surface area (Å²) in [6, 6.07) is 0. The van der Waals surface area contributed by atoms with Gasteiger partial charge in [0.1, 0.15) is 0 Å². The van der Waals surface area contributed by atoms with E-state index in [9.17, 15) is 18.3 Å². The number of rotatable bonds is 7. The standard InChI is InChI=1S/C13H26N2O4S/c1-4-6-13(12(16)17)7-5-8-15(10-13)20(18,19)14-9-11(2)3/h11,14H,4-10H2,1-3H3,(H,16,17). The van der Waals surface area contributed by atoms with Crippen molar-refractivity contribution in [3.63, 3.8) is 0 Å². The predicted octanol–water partition coefficient (Wildman–Crippen LogP) is 1.44. The van der Waals surface area contributed by atoms with Crippen molar-refractivity contribution in [2.45, 2.75) is 46.5 Å². The Morgan fingerprint density at radius 1 is 1.45 bits per heavy atom. The molecular weight excluding hydrogens is 280 g/mol. The largest absolute Gasteiger partial charge is 0.481 e. The highest BCUT2D eigenvalue weighted by atomic mass is 32.2. The second-order valence-electron chi connectivity index (χ2n) is 6.02. The third-order valence-corrected chi connectivity index (χ3v) is 5.26. The van der Waals surface area contributed by atoms with Crippen LogP contribution >= 0.6 is 0 Å². The number of aliphatic carboxylic acids is 1. The molecule has 1 heterocycles. The van der Waals surface area contributed by atoms with E-state index in [1.165, 1.54) is 4.31 Å². The summed E-state index contributed by atoms with van der Waals surface area (Å²) in [4.78, 5) is 11.6. The number of hydrogen-bond donors (Lipinski definition) is 2. The van der Waals surface area contributed by atoms with Crippen LogP contribution in [-0.2, 0) is 15.0 Å². The molecule has 20 heavy (non-hydrogen) atoms. The van der Waals surface area contributed by atoms with Crippen LogP contribution in [0.3, 0.4) is 0 Å². The molecule has 1 atom stereocenters. The molecule has 0 aromatic heterocycles. The normalized spacial score (nSPS) is 25.0. The molecule has 0 saturated carbocycles. The molecule has 0 aliphatic carbocycles. The maximum atomic E-state index is 12.2. The van der Waals surface area contributed by atoms with Crippen molar-refractivity contribution in [2.24, 2.45) is 11.3 Å². The number of carboxylic acids is 1. The summed E-state index contributed by atoms with van der Waals surface area (Å²) in [7, 11) is -3.58. The van der Waals surface area contributed by atoms with E-state index >= 15 is 0 Å². The average Bonchev–Trinajstić information content (AvgIpc) is 2.37. The van der Waals surface area contributed by atoms with Crippen LogP contribution in [0.4, 0.5) is 0 Å². The summed E-state index contributed by atoms with van der Waals surface area (Å²) < 4.78 is 28.3. The summed E-state index contributed by atoms with van der Waals surface area (Å²) in [5, 5.41) is 9.48. The Hall–Kier alpha value is -0.660. The number of carbonyl (C=O) groups is 1. The van der Waals surface area contributed by atoms with Crippen LogP contribution in [0.25, 0.3) is 0 Å². The van der Waals surface area contributed by atoms with Crippen LogP contribution in [0.1, 0.15) is 46.5 Å². The molecule has 1 unspecified atom stereocenters. The summed E-state index contributed by atoms with van der Waals surface area (Å²) in [5.41, 5.74) is -0.931. The van der Waals surface area contributed by atoms with Crippen molar-refractivity contribution in [1.82, 2.24) is 9.03 Å². The Morgan fingerprint density at radius 2 is 2.10 bits per heavy atom. The van der Waals surface area contributed by atoms with Gasteiger partial charge in [-0.05, 0) is 25.2 Å². The predicted molar refractivity (Wildman–Crippen MR) is 77.5 cm³/mol. The molecule has 1 fully saturated rings. The minimum absolute atomic E-state index is 0.0730. The Labute approximate surface area is 121 Å². The molecule has 0 aromatic carbocycles. The maximum Gasteiger partial charge on any atom is 0.310 e. The monoisotopic (exact) mass is 306 g/mol. The first-order valence-electron chi connectivity index (χ1n) is 7.21. The lowest BCUT2D eigenvalue weighted by molar-refractivity contribution is -0.151. The van der Waals surface area contributed by atoms with Gasteiger partial charge in [0.15, 0.2) is 0 Å². The number of piperidine rings is 1. The lowest BCUT2D eigenvalue weighted by Crippen LogP contribution is -2.53. The fraction of sp³-hybridized carbons (Fsp3) is 0.923. The highest BCUT2D eigenvalue weighted by Crippen LogP contribution is 2.35. The van der Waals surface area contributed by atoms with Gasteiger partial charge in [-0.2, -0.15) is 12.7 Å². The molecule has 7 heteroatoms. The first-order chi connectivity index (χ1) is 9.23. The van der Waals surface area contributed by atoms with Crippen molar-refractivity contribution in [1.29, 1.82) is 0 Å². The van der Waals surface area contributed by atoms with Gasteiger partial charge in [-0.25, -0.2) is 4.72 Å². The van der Waals surface area contributed by atoms with E-state index in [0.717, 1.165) is 6.42 Å². The van der Waals surface area contributed by atoms with E-state index < -0.39 is 21.6 Å². The van der Waals surface area contributed by atoms with E-state index in [-0.39, 0.29) is 12.5 Å². The van der Waals surface area contributed by atoms with Gasteiger partial charge in [0.2, 0.25) is 0 Å². The fourth-order valence-corrected chi connectivity index (χ4v) is 4.14. The van der Waals surface area contributed by atoms with Gasteiger partial charge in [0.25, 0.3) is 10.2 Å². The van der Waals surface area contributed by atoms with Crippen molar-refractivity contribution in [3.8, 4) is 0 Å². The summed E-state index contributed by atoms with van der Waals surface area (Å²) in [6.07, 6.45) is 2.39. The van der Waals surface area contributed by atoms with E-state index in [0.29, 0.717) is 32.4 Å². The van der Waals surface area contributed by atoms with Gasteiger partial charge >= 0.3 is 5.97 Å². The van der Waals surface area contributed by atoms with Crippen molar-refractivity contribution >= 4 is 16.2 Å². The van der Waals surface area contributed by atoms with E-state index in [1.807, 2.05) is 20.8 Å². The van der Waals surface area contributed by atoms with Crippen LogP contribution in [0.5, 0.6) is 0 Å². The first-order valence-corrected chi connectivity index (χ1v) is 8.65. The molecule has 1 aliphatic heterocycles. The van der Waals surface area contributed by atoms with Gasteiger partial charge in [-0.15, -0.1) is 0 Å². The molecular formula is C13H26N2O4S. The molecule has 0 aromatic rings. The number of hydrogen-bond acceptors (Lipinski definition) is 3. The Morgan fingerprint density at radius 3 is 2.60 bits per heavy atom. The molecule has 0 amide bonds. The van der Waals surface area contributed by atoms with Crippen LogP contribution in [0.2, 0.25) is 0 Å². The third-order valence-electron chi connectivity index (χ3n) is 3.74. The Balaban J connectivity index is 2.84. The zero-order valence-electron chi connectivity index (χ0n) is 12.6. The Bertz CT molecular complexity index is 432. The SMILES string of the molecule is CCCC1(C(=O)O)CCCN(S(=O)(=O)NCC(C)C)C1. The zero-order chi connectivity index (χ0) is 15.4. The second kappa shape index (κ2) is 6.87. The highest BCUT2D eigenvalue weighted by molar-refractivity contribution is 7.87. The highest BCUT2D eigenvalue weighted by Gasteiger charge is 2.44. The minimum atomic E-state index is -3.58. The van der Waals surface area contributed by atoms with Crippen LogP contribution < -0.4 is 4.72 Å². The number of nitrogens with zero attached hydrogens (tertiary/aromatic N) is 1. The van der Waals surface area contributed by atoms with E-state index in [4.69, 9.17) is 0 Å². The molecule has 1 saturated heterocycles. The van der Waals surface area contributed by atoms with Gasteiger partial charge in [0.05, 0.1) is 5.41 Å². The van der Waals surface area contributed by atoms with Gasteiger partial charge in [-0.3, -0.25) is 4.79 Å². The number of nitrogens with one attached hydrogen (secondary N) is 1. The fourth-order valence-electron chi connectivity index (χ4n) is 2.62. The third kappa shape index (κ3) is 4.17. The molecule has 0 radical (unpaired) electrons. The van der Waals surface area contributed by atoms with Crippen molar-refractivity contribution in [2.75, 3.05) is 19.6 Å². The molecule has 0 bridgehead atoms. The van der Waals surface area contributed by atoms with Gasteiger partial charge < -0.3 is 5.11 Å². The lowest BCUT2D eigenvalue weighted by Gasteiger charge is -2.39. The maximum absolute atomic E-state index is 12.2. The minimum Gasteiger partial charge on any atom is -0.481 e. The smallest absolute Gasteiger partial charge is 0.310 e. The van der Waals surface area contributed by atoms with Crippen LogP contribution in [0.15, 0.2) is 0 Å². The topological polar surface area (TPSA) is 86.7 Å². The molecule has 118 valence electrons. The average molecular weight is 306 g/mol. The molecule has 6 nitrogen and oxygen atoms in total. The zero-order valence-corrected chi connectivity index (χ0v) is 13.4. The lowest BCUT2D eigenvalue weighted by atomic mass is 9.77. The Kier molecular flexibility index (Phi) is 5.97. The van der Waals surface area contributed by atoms with Crippen molar-refractivity contribution in [3.05, 3.63) is 0 Å². The van der Waals surface area contributed by atoms with Gasteiger partial charge in [-0.1, -0.05) is 27.2 Å². The summed E-state index contributed by atoms with van der Waals surface area (Å²) in [6.45, 7) is 6.62. The summed E-state index contributed by atoms with van der Waals surface area (Å²) in [5.74, 6) is -0.669. The van der Waals surface area contributed by atoms with Crippen LogP contribution in [0, 0.1) is 11.3 Å². The first kappa shape index (κ1) is 17.4. The molecule has 1 aliphatic rings. The molecule has 1 rings (SSSR count). The summed E-state index contributed by atoms with van der Waals surface area (Å²) >= 11 is 0. The number of carboxylic acid groups (broad SMARTS) is 1. The quantitative estimate of drug-likeness (QED) is 0.745.